The van der Waals surface area contributed by atoms with Crippen LogP contribution in [0.5, 0.6) is 0 Å². The van der Waals surface area contributed by atoms with Gasteiger partial charge in [0.05, 0.1) is 19.1 Å². The predicted octanol–water partition coefficient (Wildman–Crippen LogP) is 1.84. The first-order chi connectivity index (χ1) is 9.96. The van der Waals surface area contributed by atoms with Crippen molar-refractivity contribution in [2.24, 2.45) is 11.7 Å². The van der Waals surface area contributed by atoms with Gasteiger partial charge in [-0.3, -0.25) is 9.59 Å². The van der Waals surface area contributed by atoms with Crippen molar-refractivity contribution in [3.63, 3.8) is 0 Å². The molecule has 1 saturated carbocycles. The molecule has 2 aliphatic rings. The van der Waals surface area contributed by atoms with E-state index in [-0.39, 0.29) is 24.3 Å². The van der Waals surface area contributed by atoms with Crippen LogP contribution in [0.15, 0.2) is 0 Å². The third kappa shape index (κ3) is 3.76. The van der Waals surface area contributed by atoms with Crippen LogP contribution in [0.1, 0.15) is 58.3 Å². The molecule has 0 aromatic heterocycles. The van der Waals surface area contributed by atoms with Crippen molar-refractivity contribution in [2.45, 2.75) is 69.9 Å². The van der Waals surface area contributed by atoms with E-state index in [4.69, 9.17) is 10.5 Å². The SMILES string of the molecule is COC(=O)CC1CCCCN1C(=O)C1(N)CCCC(C)C1. The van der Waals surface area contributed by atoms with E-state index in [9.17, 15) is 9.59 Å². The summed E-state index contributed by atoms with van der Waals surface area (Å²) in [7, 11) is 1.39. The first kappa shape index (κ1) is 16.3. The number of amides is 1. The van der Waals surface area contributed by atoms with Crippen molar-refractivity contribution in [1.29, 1.82) is 0 Å². The molecule has 3 atom stereocenters. The van der Waals surface area contributed by atoms with E-state index in [0.29, 0.717) is 12.5 Å². The van der Waals surface area contributed by atoms with Crippen molar-refractivity contribution in [3.05, 3.63) is 0 Å². The third-order valence-corrected chi connectivity index (χ3v) is 4.98. The van der Waals surface area contributed by atoms with Gasteiger partial charge in [0, 0.05) is 12.6 Å². The van der Waals surface area contributed by atoms with Crippen molar-refractivity contribution in [1.82, 2.24) is 4.90 Å². The maximum Gasteiger partial charge on any atom is 0.307 e. The molecule has 5 heteroatoms. The Labute approximate surface area is 127 Å². The first-order valence-electron chi connectivity index (χ1n) is 8.13. The average molecular weight is 296 g/mol. The molecule has 2 N–H and O–H groups in total. The summed E-state index contributed by atoms with van der Waals surface area (Å²) in [6, 6.07) is -0.0450. The number of hydrogen-bond acceptors (Lipinski definition) is 4. The second kappa shape index (κ2) is 6.77. The summed E-state index contributed by atoms with van der Waals surface area (Å²) < 4.78 is 4.76. The second-order valence-corrected chi connectivity index (χ2v) is 6.79. The molecule has 0 aromatic rings. The van der Waals surface area contributed by atoms with Crippen LogP contribution in [0.3, 0.4) is 0 Å². The Morgan fingerprint density at radius 2 is 2.05 bits per heavy atom. The minimum Gasteiger partial charge on any atom is -0.469 e. The number of methoxy groups -OCH3 is 1. The summed E-state index contributed by atoms with van der Waals surface area (Å²) in [5, 5.41) is 0. The van der Waals surface area contributed by atoms with E-state index in [1.807, 2.05) is 4.90 Å². The van der Waals surface area contributed by atoms with Gasteiger partial charge in [-0.2, -0.15) is 0 Å². The molecule has 120 valence electrons. The van der Waals surface area contributed by atoms with Crippen LogP contribution in [-0.2, 0) is 14.3 Å². The molecular weight excluding hydrogens is 268 g/mol. The van der Waals surface area contributed by atoms with Gasteiger partial charge in [-0.05, 0) is 38.0 Å². The maximum atomic E-state index is 12.9. The Morgan fingerprint density at radius 3 is 2.71 bits per heavy atom. The molecule has 0 radical (unpaired) electrons. The van der Waals surface area contributed by atoms with Crippen LogP contribution >= 0.6 is 0 Å². The van der Waals surface area contributed by atoms with Crippen LogP contribution in [-0.4, -0.2) is 42.0 Å². The van der Waals surface area contributed by atoms with Gasteiger partial charge in [0.1, 0.15) is 0 Å². The maximum absolute atomic E-state index is 12.9. The third-order valence-electron chi connectivity index (χ3n) is 4.98. The van der Waals surface area contributed by atoms with Gasteiger partial charge in [0.2, 0.25) is 5.91 Å². The average Bonchev–Trinajstić information content (AvgIpc) is 2.46. The molecule has 1 aliphatic carbocycles. The Balaban J connectivity index is 2.08. The van der Waals surface area contributed by atoms with Crippen LogP contribution in [0, 0.1) is 5.92 Å². The molecule has 3 unspecified atom stereocenters. The van der Waals surface area contributed by atoms with E-state index in [1.54, 1.807) is 0 Å². The number of esters is 1. The van der Waals surface area contributed by atoms with E-state index in [1.165, 1.54) is 7.11 Å². The molecule has 5 nitrogen and oxygen atoms in total. The van der Waals surface area contributed by atoms with Crippen LogP contribution in [0.2, 0.25) is 0 Å². The zero-order chi connectivity index (χ0) is 15.5. The number of carbonyl (C=O) groups is 2. The number of nitrogens with zero attached hydrogens (tertiary/aromatic N) is 1. The highest BCUT2D eigenvalue weighted by Crippen LogP contribution is 2.33. The molecule has 1 aliphatic heterocycles. The van der Waals surface area contributed by atoms with Crippen molar-refractivity contribution >= 4 is 11.9 Å². The van der Waals surface area contributed by atoms with Crippen LogP contribution < -0.4 is 5.73 Å². The summed E-state index contributed by atoms with van der Waals surface area (Å²) >= 11 is 0. The molecule has 1 saturated heterocycles. The predicted molar refractivity (Wildman–Crippen MR) is 80.5 cm³/mol. The normalized spacial score (nSPS) is 33.6. The summed E-state index contributed by atoms with van der Waals surface area (Å²) in [5.41, 5.74) is 5.71. The molecule has 2 rings (SSSR count). The minimum atomic E-state index is -0.733. The van der Waals surface area contributed by atoms with E-state index in [0.717, 1.165) is 44.9 Å². The summed E-state index contributed by atoms with van der Waals surface area (Å²) in [4.78, 5) is 26.4. The fraction of sp³-hybridized carbons (Fsp3) is 0.875. The number of ether oxygens (including phenoxy) is 1. The van der Waals surface area contributed by atoms with E-state index < -0.39 is 5.54 Å². The topological polar surface area (TPSA) is 72.6 Å². The molecule has 1 heterocycles. The highest BCUT2D eigenvalue weighted by atomic mass is 16.5. The quantitative estimate of drug-likeness (QED) is 0.807. The Morgan fingerprint density at radius 1 is 1.29 bits per heavy atom. The van der Waals surface area contributed by atoms with Gasteiger partial charge in [-0.1, -0.05) is 19.8 Å². The number of carbonyl (C=O) groups excluding carboxylic acids is 2. The number of nitrogens with two attached hydrogens (primary N) is 1. The van der Waals surface area contributed by atoms with Crippen LogP contribution in [0.4, 0.5) is 0 Å². The highest BCUT2D eigenvalue weighted by molar-refractivity contribution is 5.87. The number of hydrogen-bond donors (Lipinski definition) is 1. The summed E-state index contributed by atoms with van der Waals surface area (Å²) in [6.45, 7) is 2.88. The number of likely N-dealkylation sites (tertiary alicyclic amines) is 1. The van der Waals surface area contributed by atoms with Gasteiger partial charge in [-0.15, -0.1) is 0 Å². The van der Waals surface area contributed by atoms with E-state index >= 15 is 0 Å². The zero-order valence-corrected chi connectivity index (χ0v) is 13.3. The smallest absolute Gasteiger partial charge is 0.307 e. The Hall–Kier alpha value is -1.10. The fourth-order valence-corrected chi connectivity index (χ4v) is 3.83. The Bertz CT molecular complexity index is 399. The largest absolute Gasteiger partial charge is 0.469 e. The van der Waals surface area contributed by atoms with Crippen molar-refractivity contribution in [3.8, 4) is 0 Å². The molecule has 0 spiro atoms. The lowest BCUT2D eigenvalue weighted by Crippen LogP contribution is -2.60. The van der Waals surface area contributed by atoms with Crippen molar-refractivity contribution in [2.75, 3.05) is 13.7 Å². The standard InChI is InChI=1S/C16H28N2O3/c1-12-6-5-8-16(17,11-12)15(20)18-9-4-3-7-13(18)10-14(19)21-2/h12-13H,3-11,17H2,1-2H3. The monoisotopic (exact) mass is 296 g/mol. The lowest BCUT2D eigenvalue weighted by atomic mass is 9.75. The van der Waals surface area contributed by atoms with Gasteiger partial charge in [-0.25, -0.2) is 0 Å². The highest BCUT2D eigenvalue weighted by Gasteiger charge is 2.43. The van der Waals surface area contributed by atoms with Crippen molar-refractivity contribution < 1.29 is 14.3 Å². The molecule has 1 amide bonds. The summed E-state index contributed by atoms with van der Waals surface area (Å²) in [5.74, 6) is 0.294. The lowest BCUT2D eigenvalue weighted by Gasteiger charge is -2.43. The number of rotatable bonds is 3. The molecule has 0 aromatic carbocycles. The Kier molecular flexibility index (Phi) is 5.25. The molecular formula is C16H28N2O3. The van der Waals surface area contributed by atoms with Gasteiger partial charge in [0.25, 0.3) is 0 Å². The van der Waals surface area contributed by atoms with Gasteiger partial charge < -0.3 is 15.4 Å². The minimum absolute atomic E-state index is 0.0441. The second-order valence-electron chi connectivity index (χ2n) is 6.79. The van der Waals surface area contributed by atoms with E-state index in [2.05, 4.69) is 6.92 Å². The molecule has 0 bridgehead atoms. The van der Waals surface area contributed by atoms with Gasteiger partial charge >= 0.3 is 5.97 Å². The fourth-order valence-electron chi connectivity index (χ4n) is 3.83. The zero-order valence-electron chi connectivity index (χ0n) is 13.3. The summed E-state index contributed by atoms with van der Waals surface area (Å²) in [6.07, 6.45) is 6.89. The van der Waals surface area contributed by atoms with Crippen LogP contribution in [0.25, 0.3) is 0 Å². The molecule has 2 fully saturated rings. The molecule has 21 heavy (non-hydrogen) atoms. The number of piperidine rings is 1. The lowest BCUT2D eigenvalue weighted by molar-refractivity contribution is -0.147. The first-order valence-corrected chi connectivity index (χ1v) is 8.13. The van der Waals surface area contributed by atoms with Gasteiger partial charge in [0.15, 0.2) is 0 Å².